The highest BCUT2D eigenvalue weighted by Gasteiger charge is 2.34. The Morgan fingerprint density at radius 3 is 1.21 bits per heavy atom. The molecule has 67 heavy (non-hydrogen) atoms. The van der Waals surface area contributed by atoms with Crippen molar-refractivity contribution in [3.05, 3.63) is 0 Å². The van der Waals surface area contributed by atoms with Gasteiger partial charge in [-0.1, -0.05) is 34.1 Å². The van der Waals surface area contributed by atoms with Gasteiger partial charge in [0.25, 0.3) is 0 Å². The summed E-state index contributed by atoms with van der Waals surface area (Å²) < 4.78 is 15.0. The van der Waals surface area contributed by atoms with E-state index in [1.807, 2.05) is 0 Å². The zero-order valence-corrected chi connectivity index (χ0v) is 43.1. The summed E-state index contributed by atoms with van der Waals surface area (Å²) in [5, 5.41) is 9.16. The summed E-state index contributed by atoms with van der Waals surface area (Å²) in [6.45, 7) is 23.2. The number of ether oxygens (including phenoxy) is 3. The van der Waals surface area contributed by atoms with Gasteiger partial charge in [-0.2, -0.15) is 0 Å². The molecule has 15 heteroatoms. The molecule has 9 rings (SSSR count). The predicted octanol–water partition coefficient (Wildman–Crippen LogP) is 4.38. The number of rotatable bonds is 4. The normalized spacial score (nSPS) is 28.9. The predicted molar refractivity (Wildman–Crippen MR) is 280 cm³/mol. The van der Waals surface area contributed by atoms with Gasteiger partial charge in [0.1, 0.15) is 6.04 Å². The molecule has 0 amide bonds. The van der Waals surface area contributed by atoms with Crippen LogP contribution in [0.25, 0.3) is 0 Å². The first-order valence-electron chi connectivity index (χ1n) is 26.5. The third kappa shape index (κ3) is 24.8. The number of nitrogens with zero attached hydrogens (tertiary/aromatic N) is 9. The molecule has 3 unspecified atom stereocenters. The number of nitrogens with two attached hydrogens (primary N) is 1. The van der Waals surface area contributed by atoms with E-state index in [1.165, 1.54) is 175 Å². The second-order valence-electron chi connectivity index (χ2n) is 20.8. The number of hydrogen-bond donors (Lipinski definition) is 2. The van der Waals surface area contributed by atoms with E-state index in [9.17, 15) is 4.79 Å². The first-order chi connectivity index (χ1) is 31.4. The monoisotopic (exact) mass is 955 g/mol. The molecule has 9 aliphatic heterocycles. The number of methoxy groups -OCH3 is 1. The minimum atomic E-state index is -0.385. The molecule has 0 radical (unpaired) electrons. The van der Waals surface area contributed by atoms with Crippen molar-refractivity contribution < 1.29 is 24.1 Å². The van der Waals surface area contributed by atoms with Crippen LogP contribution in [0, 0.1) is 0 Å². The van der Waals surface area contributed by atoms with Crippen LogP contribution >= 0.6 is 0 Å². The molecule has 0 spiro atoms. The van der Waals surface area contributed by atoms with Gasteiger partial charge in [-0.05, 0) is 191 Å². The number of carbonyl (C=O) groups excluding carboxylic acids is 1. The molecule has 9 aliphatic rings. The van der Waals surface area contributed by atoms with Crippen molar-refractivity contribution in [3.63, 3.8) is 0 Å². The van der Waals surface area contributed by atoms with Crippen molar-refractivity contribution in [2.75, 3.05) is 181 Å². The van der Waals surface area contributed by atoms with Crippen LogP contribution in [0.1, 0.15) is 118 Å². The molecule has 9 saturated heterocycles. The quantitative estimate of drug-likeness (QED) is 0.388. The third-order valence-electron chi connectivity index (χ3n) is 15.5. The Balaban J connectivity index is 0.000000277. The molecule has 398 valence electrons. The van der Waals surface area contributed by atoms with E-state index in [0.717, 1.165) is 70.7 Å². The lowest BCUT2D eigenvalue weighted by Gasteiger charge is -2.39. The maximum atomic E-state index is 11.0. The smallest absolute Gasteiger partial charge is 0.323 e. The lowest BCUT2D eigenvalue weighted by atomic mass is 10.0. The Morgan fingerprint density at radius 1 is 0.478 bits per heavy atom. The lowest BCUT2D eigenvalue weighted by molar-refractivity contribution is -0.145. The van der Waals surface area contributed by atoms with E-state index in [0.29, 0.717) is 19.1 Å². The number of likely N-dealkylation sites (tertiary alicyclic amines) is 7. The molecular weight excluding hydrogens is 845 g/mol. The Kier molecular flexibility index (Phi) is 33.3. The lowest BCUT2D eigenvalue weighted by Crippen LogP contribution is -2.48. The molecule has 0 bridgehead atoms. The fraction of sp³-hybridized carbons (Fsp3) is 0.981. The standard InChI is InChI=1S/C11H22N2.C10H20N2O.C10H20N2.C7H16N2.C7H13NO3.C5H11NO.2CH4/c1-12-9-5-11(6-10-12)13-7-3-2-4-8-13;1-11-4-2-10(3-5-11)12-6-8-13-9-7-12;1-11-8-4-10(5-9-11)12-6-2-3-7-12;1-9-6-4-2-3-5-7(9)8;1-8-4-5(9)3-6(8)7(10)11-2;1-6-2-4-7-5-3-6;;/h11H,2-10H2,1H3;10H,2-9H2,1H3;10H,2-9H2,1H3;7H,2-6,8H2,1H3;5-6,9H,3-4H2,1-2H3;2-5H2,1H3;2*1H4. The van der Waals surface area contributed by atoms with Crippen LogP contribution in [0.5, 0.6) is 0 Å². The number of morpholine rings is 2. The number of hydrogen-bond acceptors (Lipinski definition) is 15. The SMILES string of the molecule is C.C.CN1CCC(N2CCCC2)CC1.CN1CCC(N2CCCCC2)CC1.CN1CCC(N2CCOCC2)CC1.CN1CCCCCC1N.CN1CCOCC1.COC(=O)C1CC(O)CN1C. The van der Waals surface area contributed by atoms with Crippen LogP contribution in [0.4, 0.5) is 0 Å². The molecule has 0 saturated carbocycles. The summed E-state index contributed by atoms with van der Waals surface area (Å²) in [6.07, 6.45) is 21.1. The summed E-state index contributed by atoms with van der Waals surface area (Å²) in [6, 6.07) is 2.41. The van der Waals surface area contributed by atoms with E-state index in [1.54, 1.807) is 11.9 Å². The van der Waals surface area contributed by atoms with Crippen molar-refractivity contribution in [3.8, 4) is 0 Å². The maximum Gasteiger partial charge on any atom is 0.323 e. The van der Waals surface area contributed by atoms with Crippen molar-refractivity contribution in [1.82, 2.24) is 44.1 Å². The van der Waals surface area contributed by atoms with E-state index in [2.05, 4.69) is 79.2 Å². The molecule has 0 aromatic heterocycles. The van der Waals surface area contributed by atoms with Gasteiger partial charge in [0, 0.05) is 57.3 Å². The van der Waals surface area contributed by atoms with Crippen LogP contribution in [0.2, 0.25) is 0 Å². The molecule has 9 heterocycles. The van der Waals surface area contributed by atoms with Gasteiger partial charge >= 0.3 is 5.97 Å². The van der Waals surface area contributed by atoms with Crippen LogP contribution < -0.4 is 5.73 Å². The Morgan fingerprint density at radius 2 is 0.836 bits per heavy atom. The molecule has 15 nitrogen and oxygen atoms in total. The topological polar surface area (TPSA) is 120 Å². The number of aliphatic hydroxyl groups excluding tert-OH is 1. The summed E-state index contributed by atoms with van der Waals surface area (Å²) in [7, 11) is 14.1. The summed E-state index contributed by atoms with van der Waals surface area (Å²) in [4.78, 5) is 32.7. The Hall–Kier alpha value is -1.05. The van der Waals surface area contributed by atoms with Crippen LogP contribution in [0.15, 0.2) is 0 Å². The largest absolute Gasteiger partial charge is 0.468 e. The molecule has 3 N–H and O–H groups in total. The number of aliphatic hydroxyl groups is 1. The van der Waals surface area contributed by atoms with Gasteiger partial charge in [0.15, 0.2) is 0 Å². The minimum absolute atomic E-state index is 0. The molecule has 3 atom stereocenters. The number of β-amino-alcohol motifs (C(OH)–C–C–N with tert-alkyl or cyclic N) is 1. The van der Waals surface area contributed by atoms with Gasteiger partial charge < -0.3 is 54.5 Å². The van der Waals surface area contributed by atoms with Gasteiger partial charge in [-0.15, -0.1) is 0 Å². The van der Waals surface area contributed by atoms with E-state index in [4.69, 9.17) is 20.3 Å². The van der Waals surface area contributed by atoms with Crippen LogP contribution in [-0.4, -0.2) is 272 Å². The average molecular weight is 956 g/mol. The average Bonchev–Trinajstić information content (AvgIpc) is 3.96. The van der Waals surface area contributed by atoms with E-state index >= 15 is 0 Å². The highest BCUT2D eigenvalue weighted by atomic mass is 16.5. The number of likely N-dealkylation sites (N-methyl/N-ethyl adjacent to an activating group) is 2. The van der Waals surface area contributed by atoms with Gasteiger partial charge in [-0.25, -0.2) is 0 Å². The van der Waals surface area contributed by atoms with Crippen molar-refractivity contribution in [2.24, 2.45) is 5.73 Å². The molecular formula is C52H110N10O5. The number of esters is 1. The highest BCUT2D eigenvalue weighted by Crippen LogP contribution is 2.22. The molecule has 0 aromatic carbocycles. The minimum Gasteiger partial charge on any atom is -0.468 e. The third-order valence-corrected chi connectivity index (χ3v) is 15.5. The summed E-state index contributed by atoms with van der Waals surface area (Å²) in [5.41, 5.74) is 5.80. The van der Waals surface area contributed by atoms with Crippen molar-refractivity contribution in [1.29, 1.82) is 0 Å². The van der Waals surface area contributed by atoms with Gasteiger partial charge in [-0.3, -0.25) is 19.5 Å². The second kappa shape index (κ2) is 36.0. The van der Waals surface area contributed by atoms with Crippen molar-refractivity contribution >= 4 is 5.97 Å². The number of piperidine rings is 4. The maximum absolute atomic E-state index is 11.0. The first-order valence-corrected chi connectivity index (χ1v) is 26.5. The number of carbonyl (C=O) groups is 1. The molecule has 9 fully saturated rings. The summed E-state index contributed by atoms with van der Waals surface area (Å²) in [5.74, 6) is -0.260. The molecule has 0 aliphatic carbocycles. The summed E-state index contributed by atoms with van der Waals surface area (Å²) >= 11 is 0. The van der Waals surface area contributed by atoms with E-state index in [-0.39, 0.29) is 33.0 Å². The second-order valence-corrected chi connectivity index (χ2v) is 20.8. The zero-order valence-electron chi connectivity index (χ0n) is 43.1. The van der Waals surface area contributed by atoms with Gasteiger partial charge in [0.05, 0.1) is 45.8 Å². The first kappa shape index (κ1) is 62.1. The molecule has 0 aromatic rings. The van der Waals surface area contributed by atoms with Crippen LogP contribution in [0.3, 0.4) is 0 Å². The van der Waals surface area contributed by atoms with E-state index < -0.39 is 0 Å². The zero-order chi connectivity index (χ0) is 46.8. The van der Waals surface area contributed by atoms with Crippen LogP contribution in [-0.2, 0) is 19.0 Å². The Bertz CT molecular complexity index is 1140. The van der Waals surface area contributed by atoms with Gasteiger partial charge in [0.2, 0.25) is 0 Å². The fourth-order valence-electron chi connectivity index (χ4n) is 10.7. The fourth-order valence-corrected chi connectivity index (χ4v) is 10.7. The highest BCUT2D eigenvalue weighted by molar-refractivity contribution is 5.76. The Labute approximate surface area is 413 Å². The van der Waals surface area contributed by atoms with Crippen molar-refractivity contribution in [2.45, 2.75) is 154 Å².